The molecule has 1 saturated carbocycles. The number of hydrogen-bond acceptors (Lipinski definition) is 11. The summed E-state index contributed by atoms with van der Waals surface area (Å²) in [7, 11) is 1.64. The summed E-state index contributed by atoms with van der Waals surface area (Å²) in [4.78, 5) is 28.0. The first-order valence-corrected chi connectivity index (χ1v) is 15.7. The number of nitrogens with one attached hydrogen (secondary N) is 1. The molecule has 1 saturated heterocycles. The summed E-state index contributed by atoms with van der Waals surface area (Å²) in [6.45, 7) is 7.97. The van der Waals surface area contributed by atoms with Gasteiger partial charge in [-0.3, -0.25) is 0 Å². The summed E-state index contributed by atoms with van der Waals surface area (Å²) in [6, 6.07) is 15.9. The van der Waals surface area contributed by atoms with Crippen molar-refractivity contribution in [2.75, 3.05) is 48.4 Å². The van der Waals surface area contributed by atoms with Crippen molar-refractivity contribution in [3.05, 3.63) is 64.3 Å². The van der Waals surface area contributed by atoms with Gasteiger partial charge in [-0.2, -0.15) is 30.1 Å². The first-order valence-electron chi connectivity index (χ1n) is 15.4. The van der Waals surface area contributed by atoms with Gasteiger partial charge < -0.3 is 29.5 Å². The van der Waals surface area contributed by atoms with Gasteiger partial charge in [0.2, 0.25) is 11.9 Å². The zero-order chi connectivity index (χ0) is 33.3. The van der Waals surface area contributed by atoms with E-state index in [9.17, 15) is 15.3 Å². The Kier molecular flexibility index (Phi) is 8.67. The maximum Gasteiger partial charge on any atom is 0.410 e. The molecule has 0 spiro atoms. The predicted octanol–water partition coefficient (Wildman–Crippen LogP) is 5.50. The summed E-state index contributed by atoms with van der Waals surface area (Å²) in [6.07, 6.45) is 3.12. The number of rotatable bonds is 8. The quantitative estimate of drug-likeness (QED) is 0.257. The molecule has 2 aromatic heterocycles. The number of halogens is 1. The van der Waals surface area contributed by atoms with E-state index >= 15 is 0 Å². The number of methoxy groups -OCH3 is 1. The highest BCUT2D eigenvalue weighted by atomic mass is 35.5. The second-order valence-corrected chi connectivity index (χ2v) is 12.9. The van der Waals surface area contributed by atoms with Crippen LogP contribution in [0, 0.1) is 22.7 Å². The second kappa shape index (κ2) is 12.9. The van der Waals surface area contributed by atoms with Gasteiger partial charge in [0.25, 0.3) is 0 Å². The fourth-order valence-corrected chi connectivity index (χ4v) is 5.71. The summed E-state index contributed by atoms with van der Waals surface area (Å²) in [5, 5.41) is 27.8. The lowest BCUT2D eigenvalue weighted by Crippen LogP contribution is -2.50. The van der Waals surface area contributed by atoms with Gasteiger partial charge in [-0.1, -0.05) is 23.7 Å². The van der Waals surface area contributed by atoms with Gasteiger partial charge in [-0.05, 0) is 63.4 Å². The third-order valence-corrected chi connectivity index (χ3v) is 8.33. The van der Waals surface area contributed by atoms with Gasteiger partial charge in [-0.15, -0.1) is 0 Å². The number of piperazine rings is 1. The maximum atomic E-state index is 12.6. The van der Waals surface area contributed by atoms with Crippen molar-refractivity contribution in [2.45, 2.75) is 51.8 Å². The van der Waals surface area contributed by atoms with E-state index in [0.717, 1.165) is 24.2 Å². The molecule has 4 aromatic rings. The minimum absolute atomic E-state index is 0.211. The van der Waals surface area contributed by atoms with Crippen molar-refractivity contribution in [1.82, 2.24) is 24.5 Å². The molecule has 13 nitrogen and oxygen atoms in total. The summed E-state index contributed by atoms with van der Waals surface area (Å²) in [5.74, 6) is 1.51. The highest BCUT2D eigenvalue weighted by Crippen LogP contribution is 2.38. The van der Waals surface area contributed by atoms with Crippen LogP contribution in [0.2, 0.25) is 5.02 Å². The molecule has 2 aromatic carbocycles. The number of hydrogen-bond donors (Lipinski definition) is 1. The Balaban J connectivity index is 1.31. The van der Waals surface area contributed by atoms with Crippen LogP contribution in [0.15, 0.2) is 42.6 Å². The molecule has 3 heterocycles. The van der Waals surface area contributed by atoms with Crippen molar-refractivity contribution < 1.29 is 14.3 Å². The number of aromatic nitrogens is 4. The largest absolute Gasteiger partial charge is 0.497 e. The highest BCUT2D eigenvalue weighted by Gasteiger charge is 2.33. The third-order valence-electron chi connectivity index (χ3n) is 7.93. The lowest BCUT2D eigenvalue weighted by Gasteiger charge is -2.37. The fraction of sp³-hybridized carbons (Fsp3) is 0.394. The summed E-state index contributed by atoms with van der Waals surface area (Å²) in [5.41, 5.74) is 2.62. The van der Waals surface area contributed by atoms with Crippen molar-refractivity contribution >= 4 is 46.6 Å². The van der Waals surface area contributed by atoms with Crippen LogP contribution >= 0.6 is 11.6 Å². The van der Waals surface area contributed by atoms with E-state index in [1.165, 1.54) is 6.20 Å². The Labute approximate surface area is 277 Å². The van der Waals surface area contributed by atoms with E-state index < -0.39 is 5.60 Å². The monoisotopic (exact) mass is 654 g/mol. The number of benzene rings is 2. The Morgan fingerprint density at radius 3 is 2.43 bits per heavy atom. The van der Waals surface area contributed by atoms with Crippen molar-refractivity contribution in [3.8, 4) is 17.9 Å². The third kappa shape index (κ3) is 6.95. The SMILES string of the molecule is COc1ccc(CN(c2nc(Nc3cc(C#N)cc(N4CCN(C(=O)OC(C)(C)C)CC4)c3Cl)nc3c(C#N)cnn23)C2CC2)cc1. The minimum atomic E-state index is -0.583. The molecule has 2 fully saturated rings. The summed E-state index contributed by atoms with van der Waals surface area (Å²) >= 11 is 6.99. The molecule has 47 heavy (non-hydrogen) atoms. The standard InChI is InChI=1S/C33H35ClN10O3/c1-33(2,3)47-32(45)42-13-11-41(12-14-42)27-16-22(17-35)15-26(28(27)34)38-30-39-29-23(18-36)19-37-44(29)31(40-30)43(24-7-8-24)20-21-5-9-25(46-4)10-6-21/h5-6,9-10,15-16,19,24H,7-8,11-14,20H2,1-4H3,(H,38,39). The molecule has 0 atom stereocenters. The van der Waals surface area contributed by atoms with Crippen LogP contribution in [0.1, 0.15) is 50.3 Å². The average Bonchev–Trinajstić information content (AvgIpc) is 3.82. The number of ether oxygens (including phenoxy) is 2. The van der Waals surface area contributed by atoms with Gasteiger partial charge in [0.1, 0.15) is 23.0 Å². The van der Waals surface area contributed by atoms with E-state index in [1.54, 1.807) is 28.7 Å². The summed E-state index contributed by atoms with van der Waals surface area (Å²) < 4.78 is 12.4. The van der Waals surface area contributed by atoms with Crippen molar-refractivity contribution in [1.29, 1.82) is 10.5 Å². The van der Waals surface area contributed by atoms with Crippen LogP contribution in [0.4, 0.5) is 28.1 Å². The molecule has 1 N–H and O–H groups in total. The molecule has 1 aliphatic heterocycles. The maximum absolute atomic E-state index is 12.6. The highest BCUT2D eigenvalue weighted by molar-refractivity contribution is 6.36. The molecule has 0 radical (unpaired) electrons. The van der Waals surface area contributed by atoms with Gasteiger partial charge in [0, 0.05) is 38.8 Å². The Morgan fingerprint density at radius 2 is 1.81 bits per heavy atom. The first-order chi connectivity index (χ1) is 22.6. The van der Waals surface area contributed by atoms with Crippen LogP contribution in [0.3, 0.4) is 0 Å². The van der Waals surface area contributed by atoms with Gasteiger partial charge in [0.05, 0.1) is 41.3 Å². The van der Waals surface area contributed by atoms with Gasteiger partial charge in [-0.25, -0.2) is 4.79 Å². The van der Waals surface area contributed by atoms with Crippen molar-refractivity contribution in [3.63, 3.8) is 0 Å². The van der Waals surface area contributed by atoms with Crippen LogP contribution in [-0.2, 0) is 11.3 Å². The normalized spacial score (nSPS) is 14.8. The number of anilines is 4. The van der Waals surface area contributed by atoms with Crippen LogP contribution in [0.5, 0.6) is 5.75 Å². The number of nitrogens with zero attached hydrogens (tertiary/aromatic N) is 9. The zero-order valence-electron chi connectivity index (χ0n) is 26.7. The Morgan fingerprint density at radius 1 is 1.09 bits per heavy atom. The minimum Gasteiger partial charge on any atom is -0.497 e. The van der Waals surface area contributed by atoms with E-state index in [2.05, 4.69) is 32.4 Å². The van der Waals surface area contributed by atoms with Crippen LogP contribution in [-0.4, -0.2) is 75.5 Å². The Bertz CT molecular complexity index is 1880. The predicted molar refractivity (Wildman–Crippen MR) is 177 cm³/mol. The number of amides is 1. The molecule has 1 amide bonds. The average molecular weight is 655 g/mol. The molecule has 1 aliphatic carbocycles. The van der Waals surface area contributed by atoms with Crippen LogP contribution < -0.4 is 19.9 Å². The Hall–Kier alpha value is -5.27. The molecule has 242 valence electrons. The number of carbonyl (C=O) groups is 1. The van der Waals surface area contributed by atoms with Crippen molar-refractivity contribution in [2.24, 2.45) is 0 Å². The lowest BCUT2D eigenvalue weighted by molar-refractivity contribution is 0.0240. The fourth-order valence-electron chi connectivity index (χ4n) is 5.43. The van der Waals surface area contributed by atoms with E-state index in [4.69, 9.17) is 26.1 Å². The number of carbonyl (C=O) groups excluding carboxylic acids is 1. The van der Waals surface area contributed by atoms with E-state index in [1.807, 2.05) is 49.9 Å². The zero-order valence-corrected chi connectivity index (χ0v) is 27.5. The molecule has 2 aliphatic rings. The van der Waals surface area contributed by atoms with Gasteiger partial charge in [0.15, 0.2) is 5.65 Å². The number of fused-ring (bicyclic) bond motifs is 1. The van der Waals surface area contributed by atoms with Gasteiger partial charge >= 0.3 is 6.09 Å². The van der Waals surface area contributed by atoms with Crippen LogP contribution in [0.25, 0.3) is 5.65 Å². The molecular weight excluding hydrogens is 620 g/mol. The smallest absolute Gasteiger partial charge is 0.410 e. The lowest BCUT2D eigenvalue weighted by atomic mass is 10.1. The van der Waals surface area contributed by atoms with E-state index in [0.29, 0.717) is 71.8 Å². The molecule has 6 rings (SSSR count). The molecular formula is C33H35ClN10O3. The molecule has 0 unspecified atom stereocenters. The van der Waals surface area contributed by atoms with E-state index in [-0.39, 0.29) is 18.1 Å². The topological polar surface area (TPSA) is 148 Å². The molecule has 14 heteroatoms. The molecule has 0 bridgehead atoms. The second-order valence-electron chi connectivity index (χ2n) is 12.5. The number of nitriles is 2. The first kappa shape index (κ1) is 31.7.